The number of ether oxygens (including phenoxy) is 2. The zero-order chi connectivity index (χ0) is 24.2. The Hall–Kier alpha value is -4.05. The number of likely N-dealkylation sites (N-methyl/N-ethyl adjacent to an activating group) is 1. The van der Waals surface area contributed by atoms with Crippen molar-refractivity contribution in [3.05, 3.63) is 65.6 Å². The lowest BCUT2D eigenvalue weighted by molar-refractivity contribution is 0.0739. The van der Waals surface area contributed by atoms with Crippen molar-refractivity contribution >= 4 is 17.3 Å². The minimum Gasteiger partial charge on any atom is -0.497 e. The van der Waals surface area contributed by atoms with Crippen molar-refractivity contribution in [2.45, 2.75) is 6.42 Å². The minimum absolute atomic E-state index is 0.0967. The van der Waals surface area contributed by atoms with Gasteiger partial charge in [0, 0.05) is 45.9 Å². The van der Waals surface area contributed by atoms with Crippen LogP contribution in [0.15, 0.2) is 48.8 Å². The SMILES string of the molecule is COCCN(C)C(=O)c1cnn(C)c1C(=O)Cc1ccn2nc(-c3cccc(OC)c3)nc2c1. The maximum absolute atomic E-state index is 13.2. The van der Waals surface area contributed by atoms with E-state index in [1.165, 1.54) is 15.8 Å². The summed E-state index contributed by atoms with van der Waals surface area (Å²) in [5.41, 5.74) is 2.75. The molecule has 1 aromatic carbocycles. The highest BCUT2D eigenvalue weighted by molar-refractivity contribution is 6.07. The van der Waals surface area contributed by atoms with Crippen LogP contribution in [0.2, 0.25) is 0 Å². The van der Waals surface area contributed by atoms with E-state index in [1.807, 2.05) is 36.4 Å². The van der Waals surface area contributed by atoms with Crippen LogP contribution in [0.1, 0.15) is 26.4 Å². The van der Waals surface area contributed by atoms with Crippen LogP contribution in [0.3, 0.4) is 0 Å². The fourth-order valence-electron chi connectivity index (χ4n) is 3.65. The monoisotopic (exact) mass is 462 g/mol. The number of methoxy groups -OCH3 is 2. The summed E-state index contributed by atoms with van der Waals surface area (Å²) in [6, 6.07) is 11.1. The van der Waals surface area contributed by atoms with E-state index in [2.05, 4.69) is 15.2 Å². The summed E-state index contributed by atoms with van der Waals surface area (Å²) in [5.74, 6) is 0.794. The molecule has 0 aliphatic carbocycles. The predicted octanol–water partition coefficient (Wildman–Crippen LogP) is 2.28. The molecule has 0 saturated carbocycles. The van der Waals surface area contributed by atoms with Gasteiger partial charge in [-0.3, -0.25) is 14.3 Å². The Labute approximate surface area is 196 Å². The molecule has 176 valence electrons. The number of carbonyl (C=O) groups is 2. The molecule has 0 unspecified atom stereocenters. The van der Waals surface area contributed by atoms with Crippen LogP contribution in [0.25, 0.3) is 17.0 Å². The number of hydrogen-bond donors (Lipinski definition) is 0. The molecule has 0 N–H and O–H groups in total. The Morgan fingerprint density at radius 2 is 1.97 bits per heavy atom. The Morgan fingerprint density at radius 1 is 1.15 bits per heavy atom. The van der Waals surface area contributed by atoms with Crippen molar-refractivity contribution in [1.29, 1.82) is 0 Å². The van der Waals surface area contributed by atoms with Gasteiger partial charge in [-0.15, -0.1) is 5.10 Å². The second-order valence-electron chi connectivity index (χ2n) is 7.86. The third kappa shape index (κ3) is 4.67. The van der Waals surface area contributed by atoms with Crippen LogP contribution in [-0.2, 0) is 18.2 Å². The highest BCUT2D eigenvalue weighted by atomic mass is 16.5. The molecule has 3 aromatic heterocycles. The molecule has 0 fully saturated rings. The summed E-state index contributed by atoms with van der Waals surface area (Å²) in [6.45, 7) is 0.818. The molecule has 1 amide bonds. The van der Waals surface area contributed by atoms with Gasteiger partial charge in [-0.2, -0.15) is 5.10 Å². The number of fused-ring (bicyclic) bond motifs is 1. The minimum atomic E-state index is -0.274. The van der Waals surface area contributed by atoms with Gasteiger partial charge in [0.2, 0.25) is 0 Å². The Balaban J connectivity index is 1.57. The first-order valence-electron chi connectivity index (χ1n) is 10.7. The summed E-state index contributed by atoms with van der Waals surface area (Å²) in [7, 11) is 6.50. The number of Topliss-reactive ketones (excluding diaryl/α,β-unsaturated/α-hetero) is 1. The van der Waals surface area contributed by atoms with Gasteiger partial charge in [0.15, 0.2) is 17.3 Å². The summed E-state index contributed by atoms with van der Waals surface area (Å²) in [4.78, 5) is 32.1. The molecule has 0 bridgehead atoms. The first kappa shape index (κ1) is 23.1. The van der Waals surface area contributed by atoms with Crippen LogP contribution >= 0.6 is 0 Å². The predicted molar refractivity (Wildman–Crippen MR) is 125 cm³/mol. The molecule has 0 spiro atoms. The Kier molecular flexibility index (Phi) is 6.69. The maximum atomic E-state index is 13.2. The lowest BCUT2D eigenvalue weighted by Crippen LogP contribution is -2.31. The first-order chi connectivity index (χ1) is 16.4. The molecular formula is C24H26N6O4. The standard InChI is InChI=1S/C24H26N6O4/c1-28(10-11-33-3)24(32)19-15-25-29(2)22(19)20(31)12-16-8-9-30-21(13-16)26-23(27-30)17-6-5-7-18(14-17)34-4/h5-9,13-15H,10-12H2,1-4H3. The number of aryl methyl sites for hydroxylation is 1. The van der Waals surface area contributed by atoms with Crippen LogP contribution in [0.5, 0.6) is 5.75 Å². The molecule has 10 heteroatoms. The molecule has 34 heavy (non-hydrogen) atoms. The van der Waals surface area contributed by atoms with E-state index >= 15 is 0 Å². The second kappa shape index (κ2) is 9.84. The number of carbonyl (C=O) groups excluding carboxylic acids is 2. The van der Waals surface area contributed by atoms with E-state index in [4.69, 9.17) is 9.47 Å². The topological polar surface area (TPSA) is 104 Å². The first-order valence-corrected chi connectivity index (χ1v) is 10.7. The average Bonchev–Trinajstić information content (AvgIpc) is 3.45. The van der Waals surface area contributed by atoms with Crippen LogP contribution < -0.4 is 4.74 Å². The highest BCUT2D eigenvalue weighted by Crippen LogP contribution is 2.22. The lowest BCUT2D eigenvalue weighted by atomic mass is 10.0. The number of benzene rings is 1. The normalized spacial score (nSPS) is 11.1. The third-order valence-electron chi connectivity index (χ3n) is 5.51. The van der Waals surface area contributed by atoms with E-state index in [9.17, 15) is 9.59 Å². The summed E-state index contributed by atoms with van der Waals surface area (Å²) >= 11 is 0. The van der Waals surface area contributed by atoms with E-state index in [1.54, 1.807) is 39.0 Å². The third-order valence-corrected chi connectivity index (χ3v) is 5.51. The van der Waals surface area contributed by atoms with Crippen molar-refractivity contribution in [2.24, 2.45) is 7.05 Å². The summed E-state index contributed by atoms with van der Waals surface area (Å²) in [6.07, 6.45) is 3.29. The number of aromatic nitrogens is 5. The van der Waals surface area contributed by atoms with Gasteiger partial charge in [-0.05, 0) is 29.8 Å². The van der Waals surface area contributed by atoms with E-state index < -0.39 is 0 Å². The zero-order valence-corrected chi connectivity index (χ0v) is 19.6. The van der Waals surface area contributed by atoms with Crippen molar-refractivity contribution in [3.63, 3.8) is 0 Å². The lowest BCUT2D eigenvalue weighted by Gasteiger charge is -2.16. The van der Waals surface area contributed by atoms with Crippen molar-refractivity contribution in [3.8, 4) is 17.1 Å². The van der Waals surface area contributed by atoms with Gasteiger partial charge < -0.3 is 14.4 Å². The molecule has 0 radical (unpaired) electrons. The number of ketones is 1. The van der Waals surface area contributed by atoms with Crippen LogP contribution in [0, 0.1) is 0 Å². The Morgan fingerprint density at radius 3 is 2.74 bits per heavy atom. The molecule has 4 aromatic rings. The van der Waals surface area contributed by atoms with E-state index in [-0.39, 0.29) is 29.4 Å². The number of nitrogens with zero attached hydrogens (tertiary/aromatic N) is 6. The smallest absolute Gasteiger partial charge is 0.257 e. The molecule has 0 aliphatic heterocycles. The maximum Gasteiger partial charge on any atom is 0.257 e. The second-order valence-corrected chi connectivity index (χ2v) is 7.86. The van der Waals surface area contributed by atoms with Gasteiger partial charge in [-0.25, -0.2) is 9.50 Å². The van der Waals surface area contributed by atoms with Gasteiger partial charge in [-0.1, -0.05) is 12.1 Å². The number of rotatable bonds is 9. The molecule has 10 nitrogen and oxygen atoms in total. The molecule has 0 atom stereocenters. The molecule has 0 saturated heterocycles. The molecule has 4 rings (SSSR count). The van der Waals surface area contributed by atoms with Gasteiger partial charge in [0.05, 0.1) is 25.5 Å². The van der Waals surface area contributed by atoms with Crippen LogP contribution in [-0.4, -0.2) is 75.4 Å². The number of hydrogen-bond acceptors (Lipinski definition) is 7. The van der Waals surface area contributed by atoms with Gasteiger partial charge >= 0.3 is 0 Å². The largest absolute Gasteiger partial charge is 0.497 e. The number of amides is 1. The zero-order valence-electron chi connectivity index (χ0n) is 19.6. The number of pyridine rings is 1. The summed E-state index contributed by atoms with van der Waals surface area (Å²) in [5, 5.41) is 8.66. The van der Waals surface area contributed by atoms with Gasteiger partial charge in [0.1, 0.15) is 11.4 Å². The van der Waals surface area contributed by atoms with Gasteiger partial charge in [0.25, 0.3) is 5.91 Å². The van der Waals surface area contributed by atoms with Crippen molar-refractivity contribution < 1.29 is 19.1 Å². The fourth-order valence-corrected chi connectivity index (χ4v) is 3.65. The summed E-state index contributed by atoms with van der Waals surface area (Å²) < 4.78 is 13.4. The highest BCUT2D eigenvalue weighted by Gasteiger charge is 2.24. The van der Waals surface area contributed by atoms with E-state index in [0.29, 0.717) is 24.6 Å². The Bertz CT molecular complexity index is 1340. The van der Waals surface area contributed by atoms with Crippen molar-refractivity contribution in [2.75, 3.05) is 34.4 Å². The molecule has 3 heterocycles. The van der Waals surface area contributed by atoms with Crippen LogP contribution in [0.4, 0.5) is 0 Å². The quantitative estimate of drug-likeness (QED) is 0.352. The van der Waals surface area contributed by atoms with Crippen molar-refractivity contribution in [1.82, 2.24) is 29.3 Å². The molecular weight excluding hydrogens is 436 g/mol. The van der Waals surface area contributed by atoms with E-state index in [0.717, 1.165) is 16.9 Å². The fraction of sp³-hybridized carbons (Fsp3) is 0.292. The molecule has 0 aliphatic rings. The average molecular weight is 463 g/mol.